The highest BCUT2D eigenvalue weighted by molar-refractivity contribution is 7.98. The number of thioether (sulfide) groups is 1. The highest BCUT2D eigenvalue weighted by atomic mass is 32.2. The van der Waals surface area contributed by atoms with Crippen LogP contribution in [0.15, 0.2) is 40.2 Å². The van der Waals surface area contributed by atoms with Crippen LogP contribution < -0.4 is 4.74 Å². The summed E-state index contributed by atoms with van der Waals surface area (Å²) in [5.74, 6) is 2.96. The molecule has 0 aliphatic heterocycles. The summed E-state index contributed by atoms with van der Waals surface area (Å²) in [6, 6.07) is 8.75. The Morgan fingerprint density at radius 3 is 2.81 bits per heavy atom. The predicted octanol–water partition coefficient (Wildman–Crippen LogP) is 4.90. The van der Waals surface area contributed by atoms with Crippen LogP contribution in [-0.2, 0) is 12.4 Å². The van der Waals surface area contributed by atoms with Crippen LogP contribution in [0.3, 0.4) is 0 Å². The summed E-state index contributed by atoms with van der Waals surface area (Å²) in [5.41, 5.74) is 3.32. The number of aryl methyl sites for hydroxylation is 1. The molecule has 7 heteroatoms. The Hall–Kier alpha value is -2.28. The Morgan fingerprint density at radius 2 is 2.11 bits per heavy atom. The molecular weight excluding hydrogens is 360 g/mol. The second-order valence-corrected chi connectivity index (χ2v) is 8.21. The van der Waals surface area contributed by atoms with Crippen molar-refractivity contribution >= 4 is 11.8 Å². The van der Waals surface area contributed by atoms with Crippen LogP contribution in [0, 0.1) is 6.92 Å². The summed E-state index contributed by atoms with van der Waals surface area (Å²) in [4.78, 5) is 0. The van der Waals surface area contributed by atoms with Gasteiger partial charge < -0.3 is 9.26 Å². The van der Waals surface area contributed by atoms with E-state index in [1.807, 2.05) is 6.07 Å². The number of rotatable bonds is 8. The Kier molecular flexibility index (Phi) is 5.20. The normalized spacial score (nSPS) is 14.1. The van der Waals surface area contributed by atoms with Gasteiger partial charge in [0.1, 0.15) is 18.6 Å². The highest BCUT2D eigenvalue weighted by Crippen LogP contribution is 2.39. The van der Waals surface area contributed by atoms with E-state index in [1.165, 1.54) is 24.0 Å². The van der Waals surface area contributed by atoms with E-state index in [1.54, 1.807) is 18.0 Å². The Balaban J connectivity index is 1.50. The van der Waals surface area contributed by atoms with Crippen molar-refractivity contribution in [2.45, 2.75) is 63.1 Å². The molecule has 27 heavy (non-hydrogen) atoms. The lowest BCUT2D eigenvalue weighted by Gasteiger charge is -2.15. The fourth-order valence-electron chi connectivity index (χ4n) is 3.04. The molecule has 0 amide bonds. The van der Waals surface area contributed by atoms with Gasteiger partial charge in [-0.1, -0.05) is 42.9 Å². The lowest BCUT2D eigenvalue weighted by Crippen LogP contribution is -2.08. The second-order valence-electron chi connectivity index (χ2n) is 7.26. The Labute approximate surface area is 163 Å². The van der Waals surface area contributed by atoms with E-state index >= 15 is 0 Å². The van der Waals surface area contributed by atoms with Gasteiger partial charge in [0.2, 0.25) is 0 Å². The average molecular weight is 385 g/mol. The lowest BCUT2D eigenvalue weighted by atomic mass is 10.0. The topological polar surface area (TPSA) is 66.0 Å². The van der Waals surface area contributed by atoms with E-state index in [-0.39, 0.29) is 0 Å². The van der Waals surface area contributed by atoms with Crippen LogP contribution in [-0.4, -0.2) is 19.9 Å². The van der Waals surface area contributed by atoms with E-state index in [0.29, 0.717) is 18.6 Å². The molecule has 6 nitrogen and oxygen atoms in total. The summed E-state index contributed by atoms with van der Waals surface area (Å²) in [7, 11) is 0. The van der Waals surface area contributed by atoms with Crippen LogP contribution in [0.2, 0.25) is 0 Å². The standard InChI is InChI=1S/C20H24N4O2S/c1-13(2)17-7-4-14(3)10-18(17)25-11-19-21-22-20(24(19)16-5-6-16)27-12-15-8-9-26-23-15/h4,7-10,13,16H,5-6,11-12H2,1-3H3. The van der Waals surface area contributed by atoms with Crippen molar-refractivity contribution in [3.8, 4) is 5.75 Å². The van der Waals surface area contributed by atoms with E-state index in [2.05, 4.69) is 58.9 Å². The zero-order chi connectivity index (χ0) is 18.8. The lowest BCUT2D eigenvalue weighted by molar-refractivity contribution is 0.283. The first-order chi connectivity index (χ1) is 13.1. The Morgan fingerprint density at radius 1 is 1.26 bits per heavy atom. The molecule has 3 aromatic rings. The zero-order valence-electron chi connectivity index (χ0n) is 15.9. The monoisotopic (exact) mass is 384 g/mol. The first kappa shape index (κ1) is 18.1. The first-order valence-corrected chi connectivity index (χ1v) is 10.3. The van der Waals surface area contributed by atoms with Gasteiger partial charge in [-0.15, -0.1) is 10.2 Å². The first-order valence-electron chi connectivity index (χ1n) is 9.31. The average Bonchev–Trinajstić information content (AvgIpc) is 3.18. The van der Waals surface area contributed by atoms with Gasteiger partial charge in [0.05, 0.1) is 5.69 Å². The van der Waals surface area contributed by atoms with Gasteiger partial charge in [-0.3, -0.25) is 4.57 Å². The third kappa shape index (κ3) is 4.18. The van der Waals surface area contributed by atoms with Crippen LogP contribution in [0.5, 0.6) is 5.75 Å². The van der Waals surface area contributed by atoms with Gasteiger partial charge in [0.25, 0.3) is 0 Å². The number of ether oxygens (including phenoxy) is 1. The van der Waals surface area contributed by atoms with Crippen molar-refractivity contribution in [3.63, 3.8) is 0 Å². The maximum atomic E-state index is 6.19. The molecule has 1 aromatic carbocycles. The Bertz CT molecular complexity index is 901. The number of benzene rings is 1. The molecule has 2 heterocycles. The van der Waals surface area contributed by atoms with E-state index in [9.17, 15) is 0 Å². The molecular formula is C20H24N4O2S. The summed E-state index contributed by atoms with van der Waals surface area (Å²) in [6.45, 7) is 6.88. The van der Waals surface area contributed by atoms with E-state index in [0.717, 1.165) is 28.2 Å². The van der Waals surface area contributed by atoms with Crippen LogP contribution in [0.25, 0.3) is 0 Å². The summed E-state index contributed by atoms with van der Waals surface area (Å²) in [6.07, 6.45) is 3.93. The number of hydrogen-bond donors (Lipinski definition) is 0. The maximum Gasteiger partial charge on any atom is 0.191 e. The minimum atomic E-state index is 0.412. The van der Waals surface area contributed by atoms with Crippen molar-refractivity contribution in [2.75, 3.05) is 0 Å². The van der Waals surface area contributed by atoms with E-state index in [4.69, 9.17) is 9.26 Å². The van der Waals surface area contributed by atoms with Crippen LogP contribution in [0.4, 0.5) is 0 Å². The summed E-state index contributed by atoms with van der Waals surface area (Å²) >= 11 is 1.64. The van der Waals surface area contributed by atoms with Gasteiger partial charge in [-0.2, -0.15) is 0 Å². The number of nitrogens with zero attached hydrogens (tertiary/aromatic N) is 4. The molecule has 0 bridgehead atoms. The van der Waals surface area contributed by atoms with Crippen LogP contribution in [0.1, 0.15) is 61.3 Å². The molecule has 0 spiro atoms. The predicted molar refractivity (Wildman–Crippen MR) is 104 cm³/mol. The maximum absolute atomic E-state index is 6.19. The molecule has 1 saturated carbocycles. The smallest absolute Gasteiger partial charge is 0.191 e. The third-order valence-electron chi connectivity index (χ3n) is 4.64. The summed E-state index contributed by atoms with van der Waals surface area (Å²) < 4.78 is 13.3. The molecule has 0 saturated heterocycles. The van der Waals surface area contributed by atoms with Crippen LogP contribution >= 0.6 is 11.8 Å². The minimum Gasteiger partial charge on any atom is -0.485 e. The molecule has 0 atom stereocenters. The SMILES string of the molecule is Cc1ccc(C(C)C)c(OCc2nnc(SCc3ccon3)n2C2CC2)c1. The van der Waals surface area contributed by atoms with Gasteiger partial charge in [0, 0.05) is 17.9 Å². The van der Waals surface area contributed by atoms with Gasteiger partial charge in [-0.25, -0.2) is 0 Å². The molecule has 0 radical (unpaired) electrons. The van der Waals surface area contributed by atoms with E-state index < -0.39 is 0 Å². The van der Waals surface area contributed by atoms with Gasteiger partial charge in [-0.05, 0) is 42.9 Å². The quantitative estimate of drug-likeness (QED) is 0.514. The molecule has 2 aromatic heterocycles. The van der Waals surface area contributed by atoms with Crippen molar-refractivity contribution in [1.29, 1.82) is 0 Å². The molecule has 1 aliphatic carbocycles. The minimum absolute atomic E-state index is 0.412. The number of hydrogen-bond acceptors (Lipinski definition) is 6. The largest absolute Gasteiger partial charge is 0.485 e. The van der Waals surface area contributed by atoms with Crippen molar-refractivity contribution in [1.82, 2.24) is 19.9 Å². The fourth-order valence-corrected chi connectivity index (χ4v) is 3.96. The van der Waals surface area contributed by atoms with Gasteiger partial charge >= 0.3 is 0 Å². The van der Waals surface area contributed by atoms with Crippen molar-refractivity contribution in [2.24, 2.45) is 0 Å². The summed E-state index contributed by atoms with van der Waals surface area (Å²) in [5, 5.41) is 13.7. The third-order valence-corrected chi connectivity index (χ3v) is 5.61. The fraction of sp³-hybridized carbons (Fsp3) is 0.450. The zero-order valence-corrected chi connectivity index (χ0v) is 16.7. The molecule has 0 N–H and O–H groups in total. The van der Waals surface area contributed by atoms with Crippen molar-refractivity contribution in [3.05, 3.63) is 53.2 Å². The molecule has 1 aliphatic rings. The molecule has 1 fully saturated rings. The number of aromatic nitrogens is 4. The molecule has 4 rings (SSSR count). The highest BCUT2D eigenvalue weighted by Gasteiger charge is 2.30. The molecule has 142 valence electrons. The second kappa shape index (κ2) is 7.76. The van der Waals surface area contributed by atoms with Crippen molar-refractivity contribution < 1.29 is 9.26 Å². The van der Waals surface area contributed by atoms with Gasteiger partial charge in [0.15, 0.2) is 11.0 Å². The molecule has 0 unspecified atom stereocenters.